The van der Waals surface area contributed by atoms with Gasteiger partial charge in [-0.3, -0.25) is 15.0 Å². The summed E-state index contributed by atoms with van der Waals surface area (Å²) in [4.78, 5) is 24.6. The summed E-state index contributed by atoms with van der Waals surface area (Å²) in [5.41, 5.74) is 3.71. The molecule has 0 aliphatic carbocycles. The molecule has 23 heavy (non-hydrogen) atoms. The Labute approximate surface area is 156 Å². The highest BCUT2D eigenvalue weighted by Gasteiger charge is 2.34. The Morgan fingerprint density at radius 1 is 1.04 bits per heavy atom. The molecule has 3 rings (SSSR count). The standard InChI is InChI=1S/C16H9Cl2IN2O2/c17-10-2-1-9(14(18)8-10)7-13-15(22)20-21(16(13)23)12-5-3-11(19)4-6-12/h1-8H,(H,20,22)/b13-7-. The lowest BCUT2D eigenvalue weighted by atomic mass is 10.1. The van der Waals surface area contributed by atoms with Gasteiger partial charge in [-0.25, -0.2) is 5.01 Å². The largest absolute Gasteiger partial charge is 0.282 e. The Balaban J connectivity index is 1.95. The predicted octanol–water partition coefficient (Wildman–Crippen LogP) is 4.06. The highest BCUT2D eigenvalue weighted by molar-refractivity contribution is 14.1. The number of rotatable bonds is 2. The second-order valence-corrected chi connectivity index (χ2v) is 6.87. The Hall–Kier alpha value is -1.57. The van der Waals surface area contributed by atoms with E-state index in [-0.39, 0.29) is 5.57 Å². The van der Waals surface area contributed by atoms with Gasteiger partial charge in [-0.1, -0.05) is 29.3 Å². The molecule has 0 atom stereocenters. The molecule has 1 fully saturated rings. The zero-order valence-electron chi connectivity index (χ0n) is 11.5. The molecule has 0 spiro atoms. The maximum absolute atomic E-state index is 12.5. The molecule has 1 heterocycles. The number of hydrogen-bond acceptors (Lipinski definition) is 2. The van der Waals surface area contributed by atoms with Crippen LogP contribution in [0.4, 0.5) is 5.69 Å². The van der Waals surface area contributed by atoms with Gasteiger partial charge < -0.3 is 0 Å². The Kier molecular flexibility index (Phi) is 4.61. The molecule has 0 aromatic heterocycles. The summed E-state index contributed by atoms with van der Waals surface area (Å²) in [7, 11) is 0. The van der Waals surface area contributed by atoms with E-state index in [0.717, 1.165) is 3.57 Å². The normalized spacial score (nSPS) is 16.1. The Bertz CT molecular complexity index is 834. The Morgan fingerprint density at radius 3 is 2.39 bits per heavy atom. The van der Waals surface area contributed by atoms with E-state index < -0.39 is 11.8 Å². The van der Waals surface area contributed by atoms with E-state index in [4.69, 9.17) is 23.2 Å². The number of hydrogen-bond donors (Lipinski definition) is 1. The van der Waals surface area contributed by atoms with Crippen LogP contribution in [0.15, 0.2) is 48.0 Å². The topological polar surface area (TPSA) is 49.4 Å². The number of carbonyl (C=O) groups excluding carboxylic acids is 2. The maximum atomic E-state index is 12.5. The van der Waals surface area contributed by atoms with Crippen LogP contribution in [0.2, 0.25) is 10.0 Å². The lowest BCUT2D eigenvalue weighted by Gasteiger charge is -2.14. The summed E-state index contributed by atoms with van der Waals surface area (Å²) < 4.78 is 1.04. The van der Waals surface area contributed by atoms with Gasteiger partial charge in [-0.15, -0.1) is 0 Å². The average Bonchev–Trinajstić information content (AvgIpc) is 2.78. The van der Waals surface area contributed by atoms with Crippen molar-refractivity contribution in [3.8, 4) is 0 Å². The van der Waals surface area contributed by atoms with Crippen molar-refractivity contribution in [3.63, 3.8) is 0 Å². The molecule has 2 aromatic rings. The van der Waals surface area contributed by atoms with E-state index >= 15 is 0 Å². The number of amides is 2. The lowest BCUT2D eigenvalue weighted by molar-refractivity contribution is -0.117. The highest BCUT2D eigenvalue weighted by Crippen LogP contribution is 2.26. The van der Waals surface area contributed by atoms with E-state index in [2.05, 4.69) is 28.0 Å². The summed E-state index contributed by atoms with van der Waals surface area (Å²) in [6.45, 7) is 0. The zero-order chi connectivity index (χ0) is 16.6. The SMILES string of the molecule is O=C1NN(c2ccc(I)cc2)C(=O)/C1=C\c1ccc(Cl)cc1Cl. The zero-order valence-corrected chi connectivity index (χ0v) is 15.2. The molecule has 1 saturated heterocycles. The maximum Gasteiger partial charge on any atom is 0.282 e. The summed E-state index contributed by atoms with van der Waals surface area (Å²) >= 11 is 14.1. The minimum absolute atomic E-state index is 0.0211. The molecule has 2 aromatic carbocycles. The highest BCUT2D eigenvalue weighted by atomic mass is 127. The molecule has 0 unspecified atom stereocenters. The van der Waals surface area contributed by atoms with Crippen molar-refractivity contribution in [1.82, 2.24) is 5.43 Å². The quantitative estimate of drug-likeness (QED) is 0.419. The first-order chi connectivity index (χ1) is 11.0. The average molecular weight is 459 g/mol. The first-order valence-corrected chi connectivity index (χ1v) is 8.37. The minimum atomic E-state index is -0.473. The number of halogens is 3. The summed E-state index contributed by atoms with van der Waals surface area (Å²) in [5, 5.41) is 2.08. The predicted molar refractivity (Wildman–Crippen MR) is 99.2 cm³/mol. The van der Waals surface area contributed by atoms with Crippen LogP contribution in [0.5, 0.6) is 0 Å². The fourth-order valence-corrected chi connectivity index (χ4v) is 2.93. The van der Waals surface area contributed by atoms with E-state index in [1.165, 1.54) is 11.1 Å². The van der Waals surface area contributed by atoms with Crippen LogP contribution in [0.1, 0.15) is 5.56 Å². The molecular weight excluding hydrogens is 450 g/mol. The van der Waals surface area contributed by atoms with Crippen LogP contribution in [0.25, 0.3) is 6.08 Å². The summed E-state index contributed by atoms with van der Waals surface area (Å²) in [6.07, 6.45) is 1.46. The van der Waals surface area contributed by atoms with E-state index in [0.29, 0.717) is 21.3 Å². The number of anilines is 1. The number of nitrogens with one attached hydrogen (secondary N) is 1. The fraction of sp³-hybridized carbons (Fsp3) is 0. The first kappa shape index (κ1) is 16.3. The third-order valence-electron chi connectivity index (χ3n) is 3.24. The van der Waals surface area contributed by atoms with Crippen molar-refractivity contribution < 1.29 is 9.59 Å². The van der Waals surface area contributed by atoms with E-state index in [9.17, 15) is 9.59 Å². The van der Waals surface area contributed by atoms with Gasteiger partial charge in [-0.05, 0) is 70.6 Å². The van der Waals surface area contributed by atoms with Gasteiger partial charge >= 0.3 is 0 Å². The van der Waals surface area contributed by atoms with Crippen LogP contribution in [0, 0.1) is 3.57 Å². The van der Waals surface area contributed by atoms with Gasteiger partial charge in [0, 0.05) is 13.6 Å². The number of nitrogens with zero attached hydrogens (tertiary/aromatic N) is 1. The van der Waals surface area contributed by atoms with Crippen molar-refractivity contribution in [2.24, 2.45) is 0 Å². The summed E-state index contributed by atoms with van der Waals surface area (Å²) in [6, 6.07) is 12.1. The number of carbonyl (C=O) groups is 2. The molecule has 1 aliphatic heterocycles. The summed E-state index contributed by atoms with van der Waals surface area (Å²) in [5.74, 6) is -0.901. The van der Waals surface area contributed by atoms with Crippen molar-refractivity contribution in [3.05, 3.63) is 67.2 Å². The van der Waals surface area contributed by atoms with Crippen LogP contribution >= 0.6 is 45.8 Å². The molecule has 0 radical (unpaired) electrons. The van der Waals surface area contributed by atoms with Crippen molar-refractivity contribution >= 4 is 69.4 Å². The minimum Gasteiger partial charge on any atom is -0.267 e. The van der Waals surface area contributed by atoms with Gasteiger partial charge in [0.2, 0.25) is 0 Å². The first-order valence-electron chi connectivity index (χ1n) is 6.53. The molecule has 1 aliphatic rings. The van der Waals surface area contributed by atoms with Crippen LogP contribution in [-0.2, 0) is 9.59 Å². The molecule has 0 saturated carbocycles. The molecule has 116 valence electrons. The second-order valence-electron chi connectivity index (χ2n) is 4.78. The van der Waals surface area contributed by atoms with Gasteiger partial charge in [-0.2, -0.15) is 0 Å². The lowest BCUT2D eigenvalue weighted by Crippen LogP contribution is -2.35. The van der Waals surface area contributed by atoms with Crippen molar-refractivity contribution in [1.29, 1.82) is 0 Å². The molecule has 2 amide bonds. The van der Waals surface area contributed by atoms with Gasteiger partial charge in [0.1, 0.15) is 5.57 Å². The molecular formula is C16H9Cl2IN2O2. The number of benzene rings is 2. The van der Waals surface area contributed by atoms with Gasteiger partial charge in [0.15, 0.2) is 0 Å². The van der Waals surface area contributed by atoms with E-state index in [1.54, 1.807) is 30.3 Å². The molecule has 4 nitrogen and oxygen atoms in total. The molecule has 1 N–H and O–H groups in total. The van der Waals surface area contributed by atoms with Gasteiger partial charge in [0.05, 0.1) is 5.69 Å². The van der Waals surface area contributed by atoms with Gasteiger partial charge in [0.25, 0.3) is 11.8 Å². The van der Waals surface area contributed by atoms with Crippen LogP contribution in [0.3, 0.4) is 0 Å². The molecule has 0 bridgehead atoms. The molecule has 7 heteroatoms. The Morgan fingerprint density at radius 2 is 1.74 bits per heavy atom. The smallest absolute Gasteiger partial charge is 0.267 e. The van der Waals surface area contributed by atoms with Crippen LogP contribution < -0.4 is 10.4 Å². The fourth-order valence-electron chi connectivity index (χ4n) is 2.10. The third-order valence-corrected chi connectivity index (χ3v) is 4.52. The van der Waals surface area contributed by atoms with Crippen molar-refractivity contribution in [2.45, 2.75) is 0 Å². The van der Waals surface area contributed by atoms with Crippen molar-refractivity contribution in [2.75, 3.05) is 5.01 Å². The second kappa shape index (κ2) is 6.51. The van der Waals surface area contributed by atoms with E-state index in [1.807, 2.05) is 12.1 Å². The third kappa shape index (κ3) is 3.36. The monoisotopic (exact) mass is 458 g/mol. The number of hydrazine groups is 1. The van der Waals surface area contributed by atoms with Crippen LogP contribution in [-0.4, -0.2) is 11.8 Å².